The number of amides is 1. The van der Waals surface area contributed by atoms with E-state index in [1.807, 2.05) is 0 Å². The Morgan fingerprint density at radius 2 is 2.00 bits per heavy atom. The second-order valence-corrected chi connectivity index (χ2v) is 6.31. The Hall–Kier alpha value is -2.81. The lowest BCUT2D eigenvalue weighted by molar-refractivity contribution is -0.140. The van der Waals surface area contributed by atoms with Gasteiger partial charge in [-0.05, 0) is 29.8 Å². The number of nitrogens with zero attached hydrogens (tertiary/aromatic N) is 2. The zero-order valence-corrected chi connectivity index (χ0v) is 14.9. The van der Waals surface area contributed by atoms with Gasteiger partial charge in [-0.3, -0.25) is 4.79 Å². The van der Waals surface area contributed by atoms with Crippen molar-refractivity contribution in [2.45, 2.75) is 25.3 Å². The number of aliphatic hydroxyl groups excluding tert-OH is 1. The van der Waals surface area contributed by atoms with E-state index in [1.54, 1.807) is 24.3 Å². The first-order valence-electron chi connectivity index (χ1n) is 8.66. The molecule has 1 aromatic carbocycles. The summed E-state index contributed by atoms with van der Waals surface area (Å²) in [5, 5.41) is 9.00. The van der Waals surface area contributed by atoms with Crippen molar-refractivity contribution in [1.82, 2.24) is 9.88 Å². The lowest BCUT2D eigenvalue weighted by atomic mass is 10.2. The predicted octanol–water partition coefficient (Wildman–Crippen LogP) is 2.65. The van der Waals surface area contributed by atoms with Crippen LogP contribution in [0.5, 0.6) is 11.6 Å². The van der Waals surface area contributed by atoms with Crippen molar-refractivity contribution in [3.63, 3.8) is 0 Å². The highest BCUT2D eigenvalue weighted by Crippen LogP contribution is 2.35. The minimum atomic E-state index is -4.56. The van der Waals surface area contributed by atoms with Gasteiger partial charge in [0.15, 0.2) is 6.61 Å². The molecule has 0 unspecified atom stereocenters. The van der Waals surface area contributed by atoms with Crippen molar-refractivity contribution < 1.29 is 32.5 Å². The molecule has 150 valence electrons. The van der Waals surface area contributed by atoms with Gasteiger partial charge in [-0.25, -0.2) is 4.98 Å². The van der Waals surface area contributed by atoms with Crippen LogP contribution in [0.25, 0.3) is 0 Å². The zero-order valence-electron chi connectivity index (χ0n) is 14.9. The van der Waals surface area contributed by atoms with Crippen LogP contribution < -0.4 is 9.47 Å². The largest absolute Gasteiger partial charge is 0.484 e. The molecular formula is C19H19F3N2O4. The summed E-state index contributed by atoms with van der Waals surface area (Å²) in [5.74, 6) is -0.273. The fraction of sp³-hybridized carbons (Fsp3) is 0.368. The number of halogens is 3. The first-order chi connectivity index (χ1) is 13.4. The highest BCUT2D eigenvalue weighted by Gasteiger charge is 2.37. The summed E-state index contributed by atoms with van der Waals surface area (Å²) in [7, 11) is 0. The number of carbonyl (C=O) groups excluding carboxylic acids is 1. The number of carbonyl (C=O) groups is 1. The zero-order chi connectivity index (χ0) is 20.1. The van der Waals surface area contributed by atoms with Crippen LogP contribution in [0, 0.1) is 0 Å². The maximum absolute atomic E-state index is 13.0. The van der Waals surface area contributed by atoms with E-state index in [4.69, 9.17) is 14.6 Å². The molecule has 2 aromatic rings. The summed E-state index contributed by atoms with van der Waals surface area (Å²) in [6.45, 7) is 0.257. The van der Waals surface area contributed by atoms with Crippen LogP contribution in [-0.2, 0) is 17.6 Å². The molecular weight excluding hydrogens is 377 g/mol. The lowest BCUT2D eigenvalue weighted by Gasteiger charge is -2.18. The molecule has 1 aromatic heterocycles. The third-order valence-corrected chi connectivity index (χ3v) is 4.32. The maximum atomic E-state index is 13.0. The molecule has 3 rings (SSSR count). The molecule has 1 amide bonds. The summed E-state index contributed by atoms with van der Waals surface area (Å²) >= 11 is 0. The molecule has 1 saturated heterocycles. The quantitative estimate of drug-likeness (QED) is 0.813. The van der Waals surface area contributed by atoms with Gasteiger partial charge >= 0.3 is 6.18 Å². The van der Waals surface area contributed by atoms with Crippen LogP contribution in [-0.4, -0.2) is 46.7 Å². The Kier molecular flexibility index (Phi) is 6.03. The number of hydrogen-bond acceptors (Lipinski definition) is 5. The summed E-state index contributed by atoms with van der Waals surface area (Å²) < 4.78 is 49.9. The molecule has 0 aliphatic carbocycles. The molecule has 1 N–H and O–H groups in total. The predicted molar refractivity (Wildman–Crippen MR) is 92.7 cm³/mol. The van der Waals surface area contributed by atoms with Gasteiger partial charge in [0.2, 0.25) is 5.88 Å². The van der Waals surface area contributed by atoms with Crippen LogP contribution in [0.1, 0.15) is 17.5 Å². The van der Waals surface area contributed by atoms with Crippen molar-refractivity contribution in [2.75, 3.05) is 19.7 Å². The van der Waals surface area contributed by atoms with Gasteiger partial charge in [-0.15, -0.1) is 0 Å². The van der Waals surface area contributed by atoms with E-state index in [1.165, 1.54) is 17.2 Å². The molecule has 2 heterocycles. The van der Waals surface area contributed by atoms with Gasteiger partial charge in [0, 0.05) is 19.2 Å². The summed E-state index contributed by atoms with van der Waals surface area (Å²) in [6.07, 6.45) is -3.48. The lowest BCUT2D eigenvalue weighted by Crippen LogP contribution is -2.34. The van der Waals surface area contributed by atoms with Crippen LogP contribution in [0.15, 0.2) is 42.6 Å². The van der Waals surface area contributed by atoms with Gasteiger partial charge in [0.05, 0.1) is 13.2 Å². The first kappa shape index (κ1) is 19.9. The Balaban J connectivity index is 1.53. The molecule has 0 saturated carbocycles. The van der Waals surface area contributed by atoms with E-state index in [9.17, 15) is 18.0 Å². The topological polar surface area (TPSA) is 71.9 Å². The van der Waals surface area contributed by atoms with E-state index in [2.05, 4.69) is 4.98 Å². The van der Waals surface area contributed by atoms with E-state index in [0.29, 0.717) is 18.7 Å². The number of alkyl halides is 3. The fourth-order valence-electron chi connectivity index (χ4n) is 2.84. The molecule has 1 aliphatic rings. The number of hydrogen-bond donors (Lipinski definition) is 1. The van der Waals surface area contributed by atoms with Crippen LogP contribution in [0.4, 0.5) is 13.2 Å². The van der Waals surface area contributed by atoms with Gasteiger partial charge in [-0.1, -0.05) is 12.1 Å². The normalized spacial score (nSPS) is 16.9. The fourth-order valence-corrected chi connectivity index (χ4v) is 2.84. The van der Waals surface area contributed by atoms with Crippen LogP contribution in [0.2, 0.25) is 0 Å². The highest BCUT2D eigenvalue weighted by molar-refractivity contribution is 5.78. The number of aliphatic hydroxyl groups is 1. The number of aromatic nitrogens is 1. The minimum absolute atomic E-state index is 0.0826. The molecule has 1 atom stereocenters. The standard InChI is InChI=1S/C19H19F3N2O4/c20-19(21,22)16-2-1-8-23-18(16)28-15-7-9-24(10-15)17(26)12-27-14-5-3-13(11-25)4-6-14/h1-6,8,15,25H,7,9-12H2/t15-/m1/s1. The molecule has 6 nitrogen and oxygen atoms in total. The molecule has 28 heavy (non-hydrogen) atoms. The van der Waals surface area contributed by atoms with Crippen molar-refractivity contribution in [1.29, 1.82) is 0 Å². The highest BCUT2D eigenvalue weighted by atomic mass is 19.4. The average Bonchev–Trinajstić information content (AvgIpc) is 3.14. The molecule has 9 heteroatoms. The van der Waals surface area contributed by atoms with Crippen molar-refractivity contribution >= 4 is 5.91 Å². The third kappa shape index (κ3) is 4.92. The monoisotopic (exact) mass is 396 g/mol. The summed E-state index contributed by atoms with van der Waals surface area (Å²) in [4.78, 5) is 17.4. The van der Waals surface area contributed by atoms with Gasteiger partial charge in [0.25, 0.3) is 5.91 Å². The van der Waals surface area contributed by atoms with E-state index in [0.717, 1.165) is 11.6 Å². The van der Waals surface area contributed by atoms with Crippen molar-refractivity contribution in [2.24, 2.45) is 0 Å². The van der Waals surface area contributed by atoms with E-state index >= 15 is 0 Å². The minimum Gasteiger partial charge on any atom is -0.484 e. The number of rotatable bonds is 6. The second kappa shape index (κ2) is 8.47. The maximum Gasteiger partial charge on any atom is 0.421 e. The van der Waals surface area contributed by atoms with Crippen LogP contribution >= 0.6 is 0 Å². The van der Waals surface area contributed by atoms with Crippen LogP contribution in [0.3, 0.4) is 0 Å². The molecule has 1 aliphatic heterocycles. The first-order valence-corrected chi connectivity index (χ1v) is 8.66. The van der Waals surface area contributed by atoms with Gasteiger partial charge in [-0.2, -0.15) is 13.2 Å². The average molecular weight is 396 g/mol. The Bertz CT molecular complexity index is 812. The SMILES string of the molecule is O=C(COc1ccc(CO)cc1)N1CC[C@@H](Oc2ncccc2C(F)(F)F)C1. The Labute approximate surface area is 159 Å². The number of likely N-dealkylation sites (tertiary alicyclic amines) is 1. The number of pyridine rings is 1. The van der Waals surface area contributed by atoms with Gasteiger partial charge < -0.3 is 19.5 Å². The molecule has 1 fully saturated rings. The molecule has 0 spiro atoms. The second-order valence-electron chi connectivity index (χ2n) is 6.31. The molecule has 0 radical (unpaired) electrons. The number of benzene rings is 1. The van der Waals surface area contributed by atoms with Crippen molar-refractivity contribution in [3.8, 4) is 11.6 Å². The van der Waals surface area contributed by atoms with Crippen molar-refractivity contribution in [3.05, 3.63) is 53.7 Å². The Morgan fingerprint density at radius 3 is 2.68 bits per heavy atom. The Morgan fingerprint density at radius 1 is 1.25 bits per heavy atom. The third-order valence-electron chi connectivity index (χ3n) is 4.32. The summed E-state index contributed by atoms with van der Waals surface area (Å²) in [6, 6.07) is 8.78. The number of ether oxygens (including phenoxy) is 2. The summed E-state index contributed by atoms with van der Waals surface area (Å²) in [5.41, 5.74) is -0.208. The van der Waals surface area contributed by atoms with E-state index in [-0.39, 0.29) is 25.7 Å². The molecule has 0 bridgehead atoms. The van der Waals surface area contributed by atoms with E-state index < -0.39 is 23.7 Å². The smallest absolute Gasteiger partial charge is 0.421 e. The van der Waals surface area contributed by atoms with Gasteiger partial charge in [0.1, 0.15) is 17.4 Å².